The van der Waals surface area contributed by atoms with Crippen molar-refractivity contribution in [1.29, 1.82) is 0 Å². The summed E-state index contributed by atoms with van der Waals surface area (Å²) in [4.78, 5) is 33.9. The molecule has 0 bridgehead atoms. The molecule has 142 valence electrons. The average molecular weight is 409 g/mol. The van der Waals surface area contributed by atoms with E-state index in [1.165, 1.54) is 17.7 Å². The fourth-order valence-corrected chi connectivity index (χ4v) is 3.10. The number of ether oxygens (including phenoxy) is 1. The Labute approximate surface area is 165 Å². The van der Waals surface area contributed by atoms with E-state index in [9.17, 15) is 19.7 Å². The van der Waals surface area contributed by atoms with Gasteiger partial charge in [0.25, 0.3) is 11.6 Å². The Kier molecular flexibility index (Phi) is 8.09. The lowest BCUT2D eigenvalue weighted by atomic mass is 10.2. The molecule has 2 aromatic carbocycles. The number of nitrogens with one attached hydrogen (secondary N) is 1. The number of nitro groups is 1. The molecule has 0 unspecified atom stereocenters. The van der Waals surface area contributed by atoms with Crippen molar-refractivity contribution in [3.05, 3.63) is 74.8 Å². The van der Waals surface area contributed by atoms with Gasteiger partial charge in [-0.3, -0.25) is 14.9 Å². The molecular weight excluding hydrogens is 392 g/mol. The summed E-state index contributed by atoms with van der Waals surface area (Å²) in [6.45, 7) is -0.0864. The van der Waals surface area contributed by atoms with Gasteiger partial charge < -0.3 is 10.1 Å². The summed E-state index contributed by atoms with van der Waals surface area (Å²) in [7, 11) is 0. The Bertz CT molecular complexity index is 817. The Morgan fingerprint density at radius 2 is 1.93 bits per heavy atom. The quantitative estimate of drug-likeness (QED) is 0.295. The molecule has 0 aliphatic heterocycles. The zero-order valence-electron chi connectivity index (χ0n) is 14.2. The molecule has 1 amide bonds. The van der Waals surface area contributed by atoms with Crippen molar-refractivity contribution in [1.82, 2.24) is 5.32 Å². The summed E-state index contributed by atoms with van der Waals surface area (Å²) >= 11 is 7.36. The van der Waals surface area contributed by atoms with E-state index in [0.717, 1.165) is 11.8 Å². The lowest BCUT2D eigenvalue weighted by Crippen LogP contribution is -2.30. The third kappa shape index (κ3) is 6.92. The SMILES string of the molecule is O=C(COC(=O)c1ccc(Cl)cc1[N+](=O)[O-])NCCSCc1ccccc1. The molecule has 27 heavy (non-hydrogen) atoms. The molecule has 9 heteroatoms. The van der Waals surface area contributed by atoms with E-state index in [1.54, 1.807) is 11.8 Å². The number of benzene rings is 2. The molecule has 0 aromatic heterocycles. The van der Waals surface area contributed by atoms with Gasteiger partial charge in [0.05, 0.1) is 4.92 Å². The molecule has 0 aliphatic carbocycles. The van der Waals surface area contributed by atoms with E-state index in [4.69, 9.17) is 16.3 Å². The normalized spacial score (nSPS) is 10.3. The van der Waals surface area contributed by atoms with Crippen LogP contribution < -0.4 is 5.32 Å². The molecule has 0 radical (unpaired) electrons. The van der Waals surface area contributed by atoms with Crippen molar-refractivity contribution in [3.63, 3.8) is 0 Å². The molecule has 0 saturated carbocycles. The van der Waals surface area contributed by atoms with E-state index in [1.807, 2.05) is 30.3 Å². The smallest absolute Gasteiger partial charge is 0.345 e. The highest BCUT2D eigenvalue weighted by molar-refractivity contribution is 7.98. The van der Waals surface area contributed by atoms with Crippen molar-refractivity contribution in [2.24, 2.45) is 0 Å². The van der Waals surface area contributed by atoms with Crippen LogP contribution in [0.4, 0.5) is 5.69 Å². The van der Waals surface area contributed by atoms with E-state index in [0.29, 0.717) is 12.3 Å². The van der Waals surface area contributed by atoms with Crippen LogP contribution >= 0.6 is 23.4 Å². The van der Waals surface area contributed by atoms with Gasteiger partial charge in [0, 0.05) is 29.1 Å². The standard InChI is InChI=1S/C18H17ClN2O5S/c19-14-6-7-15(16(10-14)21(24)25)18(23)26-11-17(22)20-8-9-27-12-13-4-2-1-3-5-13/h1-7,10H,8-9,11-12H2,(H,20,22). The minimum absolute atomic E-state index is 0.129. The van der Waals surface area contributed by atoms with Gasteiger partial charge in [-0.15, -0.1) is 0 Å². The van der Waals surface area contributed by atoms with E-state index in [2.05, 4.69) is 5.32 Å². The van der Waals surface area contributed by atoms with Gasteiger partial charge >= 0.3 is 5.97 Å². The predicted octanol–water partition coefficient (Wildman–Crippen LogP) is 3.45. The molecule has 0 spiro atoms. The van der Waals surface area contributed by atoms with Gasteiger partial charge in [-0.1, -0.05) is 41.9 Å². The number of hydrogen-bond acceptors (Lipinski definition) is 6. The Balaban J connectivity index is 1.71. The van der Waals surface area contributed by atoms with Gasteiger partial charge in [0.15, 0.2) is 6.61 Å². The zero-order chi connectivity index (χ0) is 19.6. The largest absolute Gasteiger partial charge is 0.452 e. The van der Waals surface area contributed by atoms with Crippen LogP contribution in [0.3, 0.4) is 0 Å². The van der Waals surface area contributed by atoms with Crippen LogP contribution in [0.15, 0.2) is 48.5 Å². The van der Waals surface area contributed by atoms with Crippen LogP contribution in [0.25, 0.3) is 0 Å². The van der Waals surface area contributed by atoms with Crippen LogP contribution in [-0.2, 0) is 15.3 Å². The Morgan fingerprint density at radius 1 is 1.19 bits per heavy atom. The van der Waals surface area contributed by atoms with Crippen LogP contribution in [-0.4, -0.2) is 35.7 Å². The van der Waals surface area contributed by atoms with Crippen molar-refractivity contribution < 1.29 is 19.2 Å². The molecule has 0 saturated heterocycles. The Morgan fingerprint density at radius 3 is 2.63 bits per heavy atom. The molecule has 0 atom stereocenters. The molecular formula is C18H17ClN2O5S. The number of hydrogen-bond donors (Lipinski definition) is 1. The van der Waals surface area contributed by atoms with Gasteiger partial charge in [-0.25, -0.2) is 4.79 Å². The number of amides is 1. The van der Waals surface area contributed by atoms with Crippen LogP contribution in [0, 0.1) is 10.1 Å². The fraction of sp³-hybridized carbons (Fsp3) is 0.222. The molecule has 2 aromatic rings. The summed E-state index contributed by atoms with van der Waals surface area (Å²) < 4.78 is 4.84. The van der Waals surface area contributed by atoms with Crippen molar-refractivity contribution in [2.75, 3.05) is 18.9 Å². The molecule has 1 N–H and O–H groups in total. The average Bonchev–Trinajstić information content (AvgIpc) is 2.66. The van der Waals surface area contributed by atoms with Crippen LogP contribution in [0.5, 0.6) is 0 Å². The number of carbonyl (C=O) groups is 2. The highest BCUT2D eigenvalue weighted by Crippen LogP contribution is 2.23. The summed E-state index contributed by atoms with van der Waals surface area (Å²) in [5.41, 5.74) is 0.480. The summed E-state index contributed by atoms with van der Waals surface area (Å²) in [6, 6.07) is 13.5. The van der Waals surface area contributed by atoms with Gasteiger partial charge in [-0.2, -0.15) is 11.8 Å². The van der Waals surface area contributed by atoms with E-state index in [-0.39, 0.29) is 10.6 Å². The number of esters is 1. The maximum absolute atomic E-state index is 12.0. The van der Waals surface area contributed by atoms with Crippen molar-refractivity contribution in [3.8, 4) is 0 Å². The maximum Gasteiger partial charge on any atom is 0.345 e. The first-order valence-corrected chi connectivity index (χ1v) is 9.50. The second-order valence-electron chi connectivity index (χ2n) is 5.38. The van der Waals surface area contributed by atoms with Crippen molar-refractivity contribution >= 4 is 40.9 Å². The number of rotatable bonds is 9. The molecule has 0 fully saturated rings. The molecule has 7 nitrogen and oxygen atoms in total. The second kappa shape index (κ2) is 10.5. The highest BCUT2D eigenvalue weighted by Gasteiger charge is 2.22. The number of thioether (sulfide) groups is 1. The lowest BCUT2D eigenvalue weighted by Gasteiger charge is -2.07. The van der Waals surface area contributed by atoms with Gasteiger partial charge in [0.2, 0.25) is 0 Å². The number of halogens is 1. The maximum atomic E-state index is 12.0. The van der Waals surface area contributed by atoms with Crippen molar-refractivity contribution in [2.45, 2.75) is 5.75 Å². The monoisotopic (exact) mass is 408 g/mol. The van der Waals surface area contributed by atoms with E-state index < -0.39 is 29.1 Å². The number of carbonyl (C=O) groups excluding carboxylic acids is 2. The topological polar surface area (TPSA) is 98.5 Å². The highest BCUT2D eigenvalue weighted by atomic mass is 35.5. The van der Waals surface area contributed by atoms with Gasteiger partial charge in [-0.05, 0) is 17.7 Å². The second-order valence-corrected chi connectivity index (χ2v) is 6.92. The first-order chi connectivity index (χ1) is 13.0. The lowest BCUT2D eigenvalue weighted by molar-refractivity contribution is -0.385. The number of nitrogens with zero attached hydrogens (tertiary/aromatic N) is 1. The van der Waals surface area contributed by atoms with Gasteiger partial charge in [0.1, 0.15) is 5.56 Å². The summed E-state index contributed by atoms with van der Waals surface area (Å²) in [6.07, 6.45) is 0. The predicted molar refractivity (Wildman–Crippen MR) is 104 cm³/mol. The summed E-state index contributed by atoms with van der Waals surface area (Å²) in [5.74, 6) is 0.121. The first kappa shape index (κ1) is 20.7. The zero-order valence-corrected chi connectivity index (χ0v) is 15.8. The molecule has 0 aliphatic rings. The van der Waals surface area contributed by atoms with E-state index >= 15 is 0 Å². The number of nitro benzene ring substituents is 1. The molecule has 2 rings (SSSR count). The van der Waals surface area contributed by atoms with Crippen LogP contribution in [0.2, 0.25) is 5.02 Å². The third-order valence-corrected chi connectivity index (χ3v) is 4.66. The Hall–Kier alpha value is -2.58. The third-order valence-electron chi connectivity index (χ3n) is 3.39. The summed E-state index contributed by atoms with van der Waals surface area (Å²) in [5, 5.41) is 13.7. The minimum atomic E-state index is -0.952. The first-order valence-electron chi connectivity index (χ1n) is 7.97. The van der Waals surface area contributed by atoms with Crippen LogP contribution in [0.1, 0.15) is 15.9 Å². The minimum Gasteiger partial charge on any atom is -0.452 e. The molecule has 0 heterocycles. The fourth-order valence-electron chi connectivity index (χ4n) is 2.12.